The van der Waals surface area contributed by atoms with E-state index in [0.717, 1.165) is 18.9 Å². The summed E-state index contributed by atoms with van der Waals surface area (Å²) in [4.78, 5) is 23.7. The summed E-state index contributed by atoms with van der Waals surface area (Å²) in [5.41, 5.74) is -0.959. The number of carbonyl (C=O) groups is 1. The second kappa shape index (κ2) is 7.02. The van der Waals surface area contributed by atoms with Crippen LogP contribution in [0.4, 0.5) is 20.6 Å². The molecule has 1 fully saturated rings. The minimum absolute atomic E-state index is 0.180. The van der Waals surface area contributed by atoms with E-state index in [1.807, 2.05) is 0 Å². The van der Waals surface area contributed by atoms with Gasteiger partial charge in [-0.1, -0.05) is 6.07 Å². The second-order valence-electron chi connectivity index (χ2n) is 6.80. The van der Waals surface area contributed by atoms with Gasteiger partial charge in [-0.25, -0.2) is 4.79 Å². The maximum absolute atomic E-state index is 14.3. The molecule has 1 N–H and O–H groups in total. The van der Waals surface area contributed by atoms with E-state index in [1.165, 1.54) is 12.1 Å². The van der Waals surface area contributed by atoms with Gasteiger partial charge >= 0.3 is 11.8 Å². The summed E-state index contributed by atoms with van der Waals surface area (Å²) >= 11 is 0. The molecule has 1 heterocycles. The molecule has 1 amide bonds. The van der Waals surface area contributed by atoms with E-state index in [-0.39, 0.29) is 11.7 Å². The van der Waals surface area contributed by atoms with E-state index in [0.29, 0.717) is 13.1 Å². The number of benzene rings is 1. The van der Waals surface area contributed by atoms with Crippen LogP contribution >= 0.6 is 0 Å². The highest BCUT2D eigenvalue weighted by molar-refractivity contribution is 5.68. The molecule has 1 aromatic carbocycles. The summed E-state index contributed by atoms with van der Waals surface area (Å²) in [6.45, 7) is 6.27. The third kappa shape index (κ3) is 4.56. The normalized spacial score (nSPS) is 18.2. The van der Waals surface area contributed by atoms with E-state index in [4.69, 9.17) is 4.74 Å². The van der Waals surface area contributed by atoms with Crippen LogP contribution < -0.4 is 10.2 Å². The molecule has 1 aliphatic rings. The molecular weight excluding hydrogens is 317 g/mol. The zero-order valence-corrected chi connectivity index (χ0v) is 14.0. The summed E-state index contributed by atoms with van der Waals surface area (Å²) in [7, 11) is 0. The number of carbonyl (C=O) groups excluding carboxylic acids is 1. The average Bonchev–Trinajstić information content (AvgIpc) is 2.45. The third-order valence-electron chi connectivity index (χ3n) is 3.64. The Morgan fingerprint density at radius 3 is 2.79 bits per heavy atom. The molecule has 1 aliphatic heterocycles. The van der Waals surface area contributed by atoms with Crippen molar-refractivity contribution in [3.63, 3.8) is 0 Å². The zero-order valence-electron chi connectivity index (χ0n) is 14.0. The molecule has 8 heteroatoms. The largest absolute Gasteiger partial charge is 0.444 e. The Bertz CT molecular complexity index is 630. The Balaban J connectivity index is 2.07. The molecule has 0 aromatic heterocycles. The van der Waals surface area contributed by atoms with Crippen LogP contribution in [-0.4, -0.2) is 35.7 Å². The quantitative estimate of drug-likeness (QED) is 0.675. The van der Waals surface area contributed by atoms with Crippen molar-refractivity contribution in [3.05, 3.63) is 34.1 Å². The number of anilines is 1. The van der Waals surface area contributed by atoms with Crippen molar-refractivity contribution in [1.82, 2.24) is 5.32 Å². The number of hydrogen-bond donors (Lipinski definition) is 1. The van der Waals surface area contributed by atoms with Gasteiger partial charge in [0.2, 0.25) is 5.82 Å². The summed E-state index contributed by atoms with van der Waals surface area (Å²) in [6, 6.07) is 3.91. The van der Waals surface area contributed by atoms with Crippen LogP contribution in [0.3, 0.4) is 0 Å². The van der Waals surface area contributed by atoms with Gasteiger partial charge in [-0.05, 0) is 39.7 Å². The molecule has 2 rings (SSSR count). The van der Waals surface area contributed by atoms with E-state index in [1.54, 1.807) is 25.7 Å². The third-order valence-corrected chi connectivity index (χ3v) is 3.64. The summed E-state index contributed by atoms with van der Waals surface area (Å²) in [5, 5.41) is 13.6. The topological polar surface area (TPSA) is 84.7 Å². The van der Waals surface area contributed by atoms with Gasteiger partial charge in [0.05, 0.1) is 10.6 Å². The lowest BCUT2D eigenvalue weighted by atomic mass is 10.0. The Hall–Kier alpha value is -2.38. The Labute approximate surface area is 139 Å². The van der Waals surface area contributed by atoms with Crippen molar-refractivity contribution < 1.29 is 18.8 Å². The Kier molecular flexibility index (Phi) is 5.26. The van der Waals surface area contributed by atoms with Crippen LogP contribution in [0.2, 0.25) is 0 Å². The Morgan fingerprint density at radius 1 is 1.46 bits per heavy atom. The molecule has 132 valence electrons. The summed E-state index contributed by atoms with van der Waals surface area (Å²) < 4.78 is 19.5. The first kappa shape index (κ1) is 18.0. The molecule has 1 unspecified atom stereocenters. The van der Waals surface area contributed by atoms with Crippen LogP contribution in [0.25, 0.3) is 0 Å². The predicted octanol–water partition coefficient (Wildman–Crippen LogP) is 3.23. The number of nitrogens with one attached hydrogen (secondary N) is 1. The second-order valence-corrected chi connectivity index (χ2v) is 6.80. The molecule has 7 nitrogen and oxygen atoms in total. The van der Waals surface area contributed by atoms with Gasteiger partial charge in [0.15, 0.2) is 0 Å². The minimum atomic E-state index is -0.847. The van der Waals surface area contributed by atoms with Gasteiger partial charge in [0, 0.05) is 25.2 Å². The summed E-state index contributed by atoms with van der Waals surface area (Å²) in [5.74, 6) is -0.847. The molecule has 0 spiro atoms. The van der Waals surface area contributed by atoms with Crippen LogP contribution in [-0.2, 0) is 4.74 Å². The van der Waals surface area contributed by atoms with E-state index < -0.39 is 28.1 Å². The highest BCUT2D eigenvalue weighted by Gasteiger charge is 2.27. The molecule has 0 radical (unpaired) electrons. The van der Waals surface area contributed by atoms with Gasteiger partial charge in [-0.15, -0.1) is 0 Å². The molecule has 0 bridgehead atoms. The smallest absolute Gasteiger partial charge is 0.407 e. The fraction of sp³-hybridized carbons (Fsp3) is 0.562. The monoisotopic (exact) mass is 339 g/mol. The maximum atomic E-state index is 14.3. The Morgan fingerprint density at radius 2 is 2.17 bits per heavy atom. The molecular formula is C16H22FN3O4. The van der Waals surface area contributed by atoms with Gasteiger partial charge in [-0.3, -0.25) is 10.1 Å². The van der Waals surface area contributed by atoms with Gasteiger partial charge in [0.25, 0.3) is 0 Å². The number of hydrogen-bond acceptors (Lipinski definition) is 5. The fourth-order valence-electron chi connectivity index (χ4n) is 2.68. The first-order valence-electron chi connectivity index (χ1n) is 7.85. The molecule has 0 saturated carbocycles. The molecule has 0 aliphatic carbocycles. The summed E-state index contributed by atoms with van der Waals surface area (Å²) in [6.07, 6.45) is 0.961. The minimum Gasteiger partial charge on any atom is -0.444 e. The molecule has 1 atom stereocenters. The van der Waals surface area contributed by atoms with Crippen molar-refractivity contribution in [2.75, 3.05) is 18.0 Å². The van der Waals surface area contributed by atoms with Gasteiger partial charge < -0.3 is 15.0 Å². The number of nitro benzene ring substituents is 1. The number of rotatable bonds is 3. The number of amides is 1. The van der Waals surface area contributed by atoms with Crippen LogP contribution in [0.15, 0.2) is 18.2 Å². The van der Waals surface area contributed by atoms with Crippen LogP contribution in [0, 0.1) is 15.9 Å². The van der Waals surface area contributed by atoms with Gasteiger partial charge in [0.1, 0.15) is 5.60 Å². The lowest BCUT2D eigenvalue weighted by Crippen LogP contribution is -2.49. The van der Waals surface area contributed by atoms with Crippen molar-refractivity contribution in [1.29, 1.82) is 0 Å². The number of nitrogens with zero attached hydrogens (tertiary/aromatic N) is 2. The number of piperidine rings is 1. The lowest BCUT2D eigenvalue weighted by molar-refractivity contribution is -0.387. The maximum Gasteiger partial charge on any atom is 0.407 e. The van der Waals surface area contributed by atoms with Crippen LogP contribution in [0.1, 0.15) is 33.6 Å². The highest BCUT2D eigenvalue weighted by atomic mass is 19.1. The number of ether oxygens (including phenoxy) is 1. The molecule has 24 heavy (non-hydrogen) atoms. The SMILES string of the molecule is CC(C)(C)OC(=O)NC1CCCN(c2cccc([N+](=O)[O-])c2F)C1. The van der Waals surface area contributed by atoms with Crippen LogP contribution in [0.5, 0.6) is 0 Å². The number of alkyl carbamates (subject to hydrolysis) is 1. The number of nitro groups is 1. The highest BCUT2D eigenvalue weighted by Crippen LogP contribution is 2.29. The van der Waals surface area contributed by atoms with Gasteiger partial charge in [-0.2, -0.15) is 4.39 Å². The van der Waals surface area contributed by atoms with E-state index in [9.17, 15) is 19.3 Å². The van der Waals surface area contributed by atoms with Crippen molar-refractivity contribution in [3.8, 4) is 0 Å². The standard InChI is InChI=1S/C16H22FN3O4/c1-16(2,3)24-15(21)18-11-6-5-9-19(10-11)12-7-4-8-13(14(12)17)20(22)23/h4,7-8,11H,5-6,9-10H2,1-3H3,(H,18,21). The number of halogens is 1. The fourth-order valence-corrected chi connectivity index (χ4v) is 2.68. The van der Waals surface area contributed by atoms with E-state index in [2.05, 4.69) is 5.32 Å². The van der Waals surface area contributed by atoms with Crippen molar-refractivity contribution >= 4 is 17.5 Å². The first-order valence-corrected chi connectivity index (χ1v) is 7.85. The molecule has 1 aromatic rings. The first-order chi connectivity index (χ1) is 11.2. The predicted molar refractivity (Wildman–Crippen MR) is 87.7 cm³/mol. The zero-order chi connectivity index (χ0) is 17.9. The average molecular weight is 339 g/mol. The van der Waals surface area contributed by atoms with E-state index >= 15 is 0 Å². The van der Waals surface area contributed by atoms with Crippen molar-refractivity contribution in [2.24, 2.45) is 0 Å². The van der Waals surface area contributed by atoms with Crippen molar-refractivity contribution in [2.45, 2.75) is 45.3 Å². The molecule has 1 saturated heterocycles. The lowest BCUT2D eigenvalue weighted by Gasteiger charge is -2.35.